The zero-order chi connectivity index (χ0) is 15.6. The van der Waals surface area contributed by atoms with Crippen LogP contribution in [0.1, 0.15) is 21.5 Å². The Morgan fingerprint density at radius 3 is 2.62 bits per heavy atom. The van der Waals surface area contributed by atoms with E-state index in [0.29, 0.717) is 11.4 Å². The van der Waals surface area contributed by atoms with Crippen molar-refractivity contribution in [2.45, 2.75) is 13.8 Å². The summed E-state index contributed by atoms with van der Waals surface area (Å²) in [6, 6.07) is 8.40. The number of aryl methyl sites for hydroxylation is 1. The van der Waals surface area contributed by atoms with Crippen molar-refractivity contribution in [3.63, 3.8) is 0 Å². The molecule has 0 aliphatic rings. The third kappa shape index (κ3) is 2.76. The SMILES string of the molecule is COc1cccc(C(=O)Nc2c(C)ccc(N)c2C)c1O. The van der Waals surface area contributed by atoms with Crippen molar-refractivity contribution in [2.75, 3.05) is 18.2 Å². The number of aromatic hydroxyl groups is 1. The Morgan fingerprint density at radius 1 is 1.24 bits per heavy atom. The molecule has 110 valence electrons. The Hall–Kier alpha value is -2.69. The molecular weight excluding hydrogens is 268 g/mol. The third-order valence-corrected chi connectivity index (χ3v) is 3.42. The topological polar surface area (TPSA) is 84.6 Å². The van der Waals surface area contributed by atoms with E-state index in [1.807, 2.05) is 19.9 Å². The minimum absolute atomic E-state index is 0.149. The van der Waals surface area contributed by atoms with Gasteiger partial charge in [0.05, 0.1) is 12.7 Å². The van der Waals surface area contributed by atoms with Gasteiger partial charge < -0.3 is 20.9 Å². The first kappa shape index (κ1) is 14.7. The van der Waals surface area contributed by atoms with Crippen LogP contribution in [0.2, 0.25) is 0 Å². The largest absolute Gasteiger partial charge is 0.504 e. The van der Waals surface area contributed by atoms with Crippen molar-refractivity contribution in [2.24, 2.45) is 0 Å². The summed E-state index contributed by atoms with van der Waals surface area (Å²) in [6.07, 6.45) is 0. The molecule has 21 heavy (non-hydrogen) atoms. The molecule has 0 bridgehead atoms. The number of ether oxygens (including phenoxy) is 1. The molecule has 2 rings (SSSR count). The number of phenolic OH excluding ortho intramolecular Hbond substituents is 1. The summed E-state index contributed by atoms with van der Waals surface area (Å²) < 4.78 is 5.00. The van der Waals surface area contributed by atoms with Gasteiger partial charge in [0.25, 0.3) is 5.91 Å². The van der Waals surface area contributed by atoms with Gasteiger partial charge in [0.1, 0.15) is 0 Å². The fraction of sp³-hybridized carbons (Fsp3) is 0.188. The number of anilines is 2. The van der Waals surface area contributed by atoms with E-state index in [4.69, 9.17) is 10.5 Å². The average molecular weight is 286 g/mol. The molecule has 4 N–H and O–H groups in total. The number of carbonyl (C=O) groups is 1. The quantitative estimate of drug-likeness (QED) is 0.757. The average Bonchev–Trinajstić information content (AvgIpc) is 2.47. The number of methoxy groups -OCH3 is 1. The summed E-state index contributed by atoms with van der Waals surface area (Å²) in [5.41, 5.74) is 8.96. The van der Waals surface area contributed by atoms with Gasteiger partial charge in [0.2, 0.25) is 0 Å². The van der Waals surface area contributed by atoms with E-state index in [-0.39, 0.29) is 17.1 Å². The van der Waals surface area contributed by atoms with Gasteiger partial charge >= 0.3 is 0 Å². The van der Waals surface area contributed by atoms with E-state index >= 15 is 0 Å². The molecule has 0 spiro atoms. The first-order valence-corrected chi connectivity index (χ1v) is 6.48. The highest BCUT2D eigenvalue weighted by Crippen LogP contribution is 2.31. The van der Waals surface area contributed by atoms with Gasteiger partial charge in [-0.05, 0) is 43.2 Å². The van der Waals surface area contributed by atoms with Crippen LogP contribution in [0, 0.1) is 13.8 Å². The summed E-state index contributed by atoms with van der Waals surface area (Å²) >= 11 is 0. The second-order valence-corrected chi connectivity index (χ2v) is 4.78. The monoisotopic (exact) mass is 286 g/mol. The first-order valence-electron chi connectivity index (χ1n) is 6.48. The molecular formula is C16H18N2O3. The summed E-state index contributed by atoms with van der Waals surface area (Å²) in [6.45, 7) is 3.72. The molecule has 0 unspecified atom stereocenters. The molecule has 0 saturated heterocycles. The number of benzene rings is 2. The van der Waals surface area contributed by atoms with E-state index in [0.717, 1.165) is 11.1 Å². The van der Waals surface area contributed by atoms with Gasteiger partial charge in [-0.2, -0.15) is 0 Å². The molecule has 5 heteroatoms. The standard InChI is InChI=1S/C16H18N2O3/c1-9-7-8-12(17)10(2)14(9)18-16(20)11-5-4-6-13(21-3)15(11)19/h4-8,19H,17H2,1-3H3,(H,18,20). The second kappa shape index (κ2) is 5.75. The zero-order valence-electron chi connectivity index (χ0n) is 12.2. The third-order valence-electron chi connectivity index (χ3n) is 3.42. The lowest BCUT2D eigenvalue weighted by molar-refractivity contribution is 0.102. The molecule has 2 aromatic carbocycles. The van der Waals surface area contributed by atoms with Crippen LogP contribution in [-0.4, -0.2) is 18.1 Å². The Balaban J connectivity index is 2.38. The highest BCUT2D eigenvalue weighted by atomic mass is 16.5. The molecule has 0 aliphatic heterocycles. The Bertz CT molecular complexity index is 696. The molecule has 1 amide bonds. The zero-order valence-corrected chi connectivity index (χ0v) is 12.2. The minimum Gasteiger partial charge on any atom is -0.504 e. The lowest BCUT2D eigenvalue weighted by Crippen LogP contribution is -2.14. The van der Waals surface area contributed by atoms with Crippen molar-refractivity contribution in [1.29, 1.82) is 0 Å². The number of amides is 1. The highest BCUT2D eigenvalue weighted by Gasteiger charge is 2.17. The number of carbonyl (C=O) groups excluding carboxylic acids is 1. The predicted molar refractivity (Wildman–Crippen MR) is 82.9 cm³/mol. The first-order chi connectivity index (χ1) is 9.95. The Labute approximate surface area is 123 Å². The number of nitrogens with two attached hydrogens (primary N) is 1. The van der Waals surface area contributed by atoms with Crippen LogP contribution in [0.3, 0.4) is 0 Å². The lowest BCUT2D eigenvalue weighted by Gasteiger charge is -2.14. The fourth-order valence-corrected chi connectivity index (χ4v) is 2.11. The van der Waals surface area contributed by atoms with Gasteiger partial charge in [0, 0.05) is 11.4 Å². The van der Waals surface area contributed by atoms with Crippen molar-refractivity contribution in [3.8, 4) is 11.5 Å². The van der Waals surface area contributed by atoms with E-state index in [9.17, 15) is 9.90 Å². The number of hydrogen-bond acceptors (Lipinski definition) is 4. The molecule has 2 aromatic rings. The van der Waals surface area contributed by atoms with Crippen LogP contribution in [0.15, 0.2) is 30.3 Å². The number of nitrogens with one attached hydrogen (secondary N) is 1. The van der Waals surface area contributed by atoms with Crippen LogP contribution in [-0.2, 0) is 0 Å². The summed E-state index contributed by atoms with van der Waals surface area (Å²) in [4.78, 5) is 12.4. The molecule has 0 aliphatic carbocycles. The summed E-state index contributed by atoms with van der Waals surface area (Å²) in [5.74, 6) is -0.344. The summed E-state index contributed by atoms with van der Waals surface area (Å²) in [5, 5.41) is 12.8. The Morgan fingerprint density at radius 2 is 1.95 bits per heavy atom. The highest BCUT2D eigenvalue weighted by molar-refractivity contribution is 6.07. The van der Waals surface area contributed by atoms with Crippen LogP contribution < -0.4 is 15.8 Å². The Kier molecular flexibility index (Phi) is 4.03. The smallest absolute Gasteiger partial charge is 0.259 e. The van der Waals surface area contributed by atoms with Crippen LogP contribution in [0.4, 0.5) is 11.4 Å². The normalized spacial score (nSPS) is 10.2. The number of nitrogen functional groups attached to an aromatic ring is 1. The number of rotatable bonds is 3. The number of phenols is 1. The molecule has 0 atom stereocenters. The van der Waals surface area contributed by atoms with Crippen molar-refractivity contribution >= 4 is 17.3 Å². The maximum absolute atomic E-state index is 12.4. The maximum Gasteiger partial charge on any atom is 0.259 e. The van der Waals surface area contributed by atoms with Gasteiger partial charge in [0.15, 0.2) is 11.5 Å². The fourth-order valence-electron chi connectivity index (χ4n) is 2.11. The predicted octanol–water partition coefficient (Wildman–Crippen LogP) is 2.85. The van der Waals surface area contributed by atoms with Crippen LogP contribution in [0.5, 0.6) is 11.5 Å². The van der Waals surface area contributed by atoms with Gasteiger partial charge in [-0.3, -0.25) is 4.79 Å². The van der Waals surface area contributed by atoms with Gasteiger partial charge in [-0.25, -0.2) is 0 Å². The van der Waals surface area contributed by atoms with Gasteiger partial charge in [-0.15, -0.1) is 0 Å². The molecule has 0 heterocycles. The van der Waals surface area contributed by atoms with E-state index in [1.54, 1.807) is 18.2 Å². The van der Waals surface area contributed by atoms with E-state index in [1.165, 1.54) is 13.2 Å². The second-order valence-electron chi connectivity index (χ2n) is 4.78. The molecule has 0 aromatic heterocycles. The minimum atomic E-state index is -0.414. The van der Waals surface area contributed by atoms with Crippen molar-refractivity contribution in [1.82, 2.24) is 0 Å². The van der Waals surface area contributed by atoms with Crippen LogP contribution >= 0.6 is 0 Å². The molecule has 5 nitrogen and oxygen atoms in total. The van der Waals surface area contributed by atoms with Crippen molar-refractivity contribution in [3.05, 3.63) is 47.0 Å². The molecule has 0 radical (unpaired) electrons. The van der Waals surface area contributed by atoms with E-state index in [2.05, 4.69) is 5.32 Å². The summed E-state index contributed by atoms with van der Waals surface area (Å²) in [7, 11) is 1.43. The molecule has 0 saturated carbocycles. The number of hydrogen-bond donors (Lipinski definition) is 3. The van der Waals surface area contributed by atoms with Crippen molar-refractivity contribution < 1.29 is 14.6 Å². The maximum atomic E-state index is 12.4. The lowest BCUT2D eigenvalue weighted by atomic mass is 10.1. The number of para-hydroxylation sites is 1. The molecule has 0 fully saturated rings. The van der Waals surface area contributed by atoms with Crippen LogP contribution in [0.25, 0.3) is 0 Å². The van der Waals surface area contributed by atoms with E-state index < -0.39 is 5.91 Å². The van der Waals surface area contributed by atoms with Gasteiger partial charge in [-0.1, -0.05) is 12.1 Å².